The summed E-state index contributed by atoms with van der Waals surface area (Å²) < 4.78 is 13.3. The van der Waals surface area contributed by atoms with Crippen molar-refractivity contribution >= 4 is 0 Å². The highest BCUT2D eigenvalue weighted by atomic mass is 16.7. The molecule has 6 aliphatic rings. The Morgan fingerprint density at radius 1 is 1.03 bits per heavy atom. The molecule has 3 saturated carbocycles. The van der Waals surface area contributed by atoms with Crippen LogP contribution >= 0.6 is 0 Å². The van der Waals surface area contributed by atoms with Gasteiger partial charge < -0.3 is 19.7 Å². The standard InChI is InChI=1S/C27H42O4/c1-15-7-10-27(30-14-15)16(2)24-22(31-27)13-21-19-6-5-17-11-18(28)12-23(29)26(17,4)20(19)8-9-25(21,24)3/h5,15-16,18-24,28-29H,6-14H2,1-4H3/t15?,16?,18-,19?,20?,21?,22?,23?,24?,25+,26+,27?/m1/s1. The van der Waals surface area contributed by atoms with E-state index in [9.17, 15) is 10.2 Å². The van der Waals surface area contributed by atoms with Gasteiger partial charge in [0, 0.05) is 24.2 Å². The highest BCUT2D eigenvalue weighted by Gasteiger charge is 2.69. The number of hydrogen-bond acceptors (Lipinski definition) is 4. The molecule has 4 heteroatoms. The maximum atomic E-state index is 11.1. The smallest absolute Gasteiger partial charge is 0.171 e. The maximum Gasteiger partial charge on any atom is 0.171 e. The predicted octanol–water partition coefficient (Wildman–Crippen LogP) is 4.68. The van der Waals surface area contributed by atoms with Gasteiger partial charge in [-0.2, -0.15) is 0 Å². The molecule has 0 radical (unpaired) electrons. The Hall–Kier alpha value is -0.420. The summed E-state index contributed by atoms with van der Waals surface area (Å²) >= 11 is 0. The van der Waals surface area contributed by atoms with Crippen molar-refractivity contribution in [3.63, 3.8) is 0 Å². The van der Waals surface area contributed by atoms with Gasteiger partial charge in [0.15, 0.2) is 5.79 Å². The largest absolute Gasteiger partial charge is 0.393 e. The highest BCUT2D eigenvalue weighted by molar-refractivity contribution is 5.28. The second-order valence-electron chi connectivity index (χ2n) is 12.8. The minimum atomic E-state index is -0.420. The molecule has 0 amide bonds. The summed E-state index contributed by atoms with van der Waals surface area (Å²) in [4.78, 5) is 0. The molecule has 2 aliphatic heterocycles. The van der Waals surface area contributed by atoms with E-state index >= 15 is 0 Å². The molecule has 0 bridgehead atoms. The van der Waals surface area contributed by atoms with Crippen LogP contribution in [0.4, 0.5) is 0 Å². The van der Waals surface area contributed by atoms with Crippen LogP contribution < -0.4 is 0 Å². The third kappa shape index (κ3) is 2.68. The van der Waals surface area contributed by atoms with Crippen LogP contribution in [0.1, 0.15) is 79.1 Å². The molecule has 4 aliphatic carbocycles. The first-order valence-corrected chi connectivity index (χ1v) is 13.1. The third-order valence-electron chi connectivity index (χ3n) is 11.4. The summed E-state index contributed by atoms with van der Waals surface area (Å²) in [7, 11) is 0. The number of fused-ring (bicyclic) bond motifs is 7. The summed E-state index contributed by atoms with van der Waals surface area (Å²) in [6.07, 6.45) is 10.2. The normalized spacial score (nSPS) is 60.7. The lowest BCUT2D eigenvalue weighted by atomic mass is 9.46. The minimum absolute atomic E-state index is 0.155. The van der Waals surface area contributed by atoms with Crippen molar-refractivity contribution in [3.8, 4) is 0 Å². The zero-order valence-electron chi connectivity index (χ0n) is 19.8. The van der Waals surface area contributed by atoms with E-state index in [1.54, 1.807) is 0 Å². The number of ether oxygens (including phenoxy) is 2. The molecule has 2 N–H and O–H groups in total. The first-order chi connectivity index (χ1) is 14.7. The Morgan fingerprint density at radius 3 is 2.58 bits per heavy atom. The van der Waals surface area contributed by atoms with Gasteiger partial charge in [0.1, 0.15) is 0 Å². The van der Waals surface area contributed by atoms with Gasteiger partial charge in [0.05, 0.1) is 24.9 Å². The van der Waals surface area contributed by atoms with Crippen LogP contribution in [0.5, 0.6) is 0 Å². The molecule has 2 heterocycles. The van der Waals surface area contributed by atoms with Crippen molar-refractivity contribution in [2.75, 3.05) is 6.61 Å². The number of rotatable bonds is 0. The SMILES string of the molecule is CC1CCC2(OC1)OC1CC3C4CC=C5C[C@@H](O)CC(O)[C@]5(C)C4CC[C@]3(C)C1C2C. The summed E-state index contributed by atoms with van der Waals surface area (Å²) in [5.41, 5.74) is 1.48. The quantitative estimate of drug-likeness (QED) is 0.548. The van der Waals surface area contributed by atoms with Crippen LogP contribution in [0.25, 0.3) is 0 Å². The highest BCUT2D eigenvalue weighted by Crippen LogP contribution is 2.70. The van der Waals surface area contributed by atoms with Gasteiger partial charge in [-0.15, -0.1) is 0 Å². The number of allylic oxidation sites excluding steroid dienone is 1. The second kappa shape index (κ2) is 6.81. The van der Waals surface area contributed by atoms with Crippen LogP contribution in [-0.4, -0.2) is 40.9 Å². The fraction of sp³-hybridized carbons (Fsp3) is 0.926. The van der Waals surface area contributed by atoms with E-state index in [0.29, 0.717) is 53.4 Å². The van der Waals surface area contributed by atoms with Gasteiger partial charge in [-0.1, -0.05) is 39.3 Å². The van der Waals surface area contributed by atoms with E-state index in [0.717, 1.165) is 32.3 Å². The third-order valence-corrected chi connectivity index (χ3v) is 11.4. The lowest BCUT2D eigenvalue weighted by molar-refractivity contribution is -0.272. The molecule has 12 atom stereocenters. The van der Waals surface area contributed by atoms with Crippen molar-refractivity contribution in [2.45, 2.75) is 103 Å². The van der Waals surface area contributed by atoms with Gasteiger partial charge in [-0.25, -0.2) is 0 Å². The van der Waals surface area contributed by atoms with E-state index in [-0.39, 0.29) is 17.3 Å². The van der Waals surface area contributed by atoms with Crippen molar-refractivity contribution < 1.29 is 19.7 Å². The molecule has 4 nitrogen and oxygen atoms in total. The lowest BCUT2D eigenvalue weighted by Crippen LogP contribution is -2.56. The van der Waals surface area contributed by atoms with Gasteiger partial charge >= 0.3 is 0 Å². The summed E-state index contributed by atoms with van der Waals surface area (Å²) in [5, 5.41) is 21.4. The summed E-state index contributed by atoms with van der Waals surface area (Å²) in [6.45, 7) is 10.4. The number of hydrogen-bond donors (Lipinski definition) is 2. The van der Waals surface area contributed by atoms with Crippen LogP contribution in [0.15, 0.2) is 11.6 Å². The molecule has 1 spiro atoms. The van der Waals surface area contributed by atoms with Crippen LogP contribution in [-0.2, 0) is 9.47 Å². The number of aliphatic hydroxyl groups is 2. The predicted molar refractivity (Wildman–Crippen MR) is 119 cm³/mol. The zero-order chi connectivity index (χ0) is 21.8. The molecule has 174 valence electrons. The average Bonchev–Trinajstić information content (AvgIpc) is 3.16. The molecule has 0 aromatic carbocycles. The topological polar surface area (TPSA) is 58.9 Å². The maximum absolute atomic E-state index is 11.1. The fourth-order valence-electron chi connectivity index (χ4n) is 9.72. The van der Waals surface area contributed by atoms with E-state index < -0.39 is 6.10 Å². The van der Waals surface area contributed by atoms with E-state index in [1.165, 1.54) is 24.8 Å². The molecule has 0 aromatic rings. The summed E-state index contributed by atoms with van der Waals surface area (Å²) in [5.74, 6) is 3.17. The van der Waals surface area contributed by atoms with Gasteiger partial charge in [0.25, 0.3) is 0 Å². The fourth-order valence-corrected chi connectivity index (χ4v) is 9.72. The zero-order valence-corrected chi connectivity index (χ0v) is 19.8. The van der Waals surface area contributed by atoms with E-state index in [4.69, 9.17) is 9.47 Å². The van der Waals surface area contributed by atoms with Crippen molar-refractivity contribution in [3.05, 3.63) is 11.6 Å². The molecule has 31 heavy (non-hydrogen) atoms. The summed E-state index contributed by atoms with van der Waals surface area (Å²) in [6, 6.07) is 0. The Bertz CT molecular complexity index is 769. The van der Waals surface area contributed by atoms with E-state index in [1.807, 2.05) is 0 Å². The average molecular weight is 431 g/mol. The van der Waals surface area contributed by atoms with Crippen LogP contribution in [0.3, 0.4) is 0 Å². The lowest BCUT2D eigenvalue weighted by Gasteiger charge is -2.59. The van der Waals surface area contributed by atoms with Crippen LogP contribution in [0, 0.1) is 46.3 Å². The monoisotopic (exact) mass is 430 g/mol. The Morgan fingerprint density at radius 2 is 1.84 bits per heavy atom. The first kappa shape index (κ1) is 21.1. The number of aliphatic hydroxyl groups excluding tert-OH is 2. The minimum Gasteiger partial charge on any atom is -0.393 e. The van der Waals surface area contributed by atoms with Crippen molar-refractivity contribution in [2.24, 2.45) is 46.3 Å². The Labute approximate surface area is 187 Å². The molecule has 9 unspecified atom stereocenters. The second-order valence-corrected chi connectivity index (χ2v) is 12.8. The Kier molecular flexibility index (Phi) is 4.64. The van der Waals surface area contributed by atoms with E-state index in [2.05, 4.69) is 33.8 Å². The van der Waals surface area contributed by atoms with Gasteiger partial charge in [-0.05, 0) is 73.5 Å². The molecular formula is C27H42O4. The molecular weight excluding hydrogens is 388 g/mol. The van der Waals surface area contributed by atoms with Gasteiger partial charge in [-0.3, -0.25) is 0 Å². The van der Waals surface area contributed by atoms with Crippen molar-refractivity contribution in [1.29, 1.82) is 0 Å². The van der Waals surface area contributed by atoms with Gasteiger partial charge in [0.2, 0.25) is 0 Å². The molecule has 2 saturated heterocycles. The molecule has 0 aromatic heterocycles. The molecule has 6 rings (SSSR count). The molecule has 5 fully saturated rings. The van der Waals surface area contributed by atoms with Crippen LogP contribution in [0.2, 0.25) is 0 Å². The first-order valence-electron chi connectivity index (χ1n) is 13.1. The van der Waals surface area contributed by atoms with Crippen molar-refractivity contribution in [1.82, 2.24) is 0 Å². The Balaban J connectivity index is 1.29.